The molecule has 17 atom stereocenters. The molecule has 0 radical (unpaired) electrons. The molecule has 9 bridgehead atoms. The highest BCUT2D eigenvalue weighted by Crippen LogP contribution is 2.46. The number of fused-ring (bicyclic) bond motifs is 8. The first kappa shape index (κ1) is 36.9. The molecule has 10 heteroatoms. The largest absolute Gasteiger partial charge is 0.393 e. The van der Waals surface area contributed by atoms with Crippen molar-refractivity contribution in [2.75, 3.05) is 13.7 Å². The Hall–Kier alpha value is -0.440. The lowest BCUT2D eigenvalue weighted by atomic mass is 9.78. The van der Waals surface area contributed by atoms with Gasteiger partial charge < -0.3 is 38.3 Å². The fourth-order valence-corrected chi connectivity index (χ4v) is 11.4. The summed E-state index contributed by atoms with van der Waals surface area (Å²) in [4.78, 5) is 13.8. The van der Waals surface area contributed by atoms with E-state index < -0.39 is 11.7 Å². The number of ketones is 1. The summed E-state index contributed by atoms with van der Waals surface area (Å²) in [6, 6.07) is 0. The van der Waals surface area contributed by atoms with Gasteiger partial charge in [-0.05, 0) is 75.4 Å². The zero-order valence-corrected chi connectivity index (χ0v) is 32.1. The fourth-order valence-electron chi connectivity index (χ4n) is 10.00. The van der Waals surface area contributed by atoms with E-state index >= 15 is 0 Å². The lowest BCUT2D eigenvalue weighted by Gasteiger charge is -2.54. The minimum atomic E-state index is -0.559. The van der Waals surface area contributed by atoms with Crippen LogP contribution in [-0.4, -0.2) is 107 Å². The highest BCUT2D eigenvalue weighted by Gasteiger charge is 2.55. The predicted molar refractivity (Wildman–Crippen MR) is 193 cm³/mol. The standard InChI is InChI=1S/C39H59IO9/c1-20-13-25-7-9-30-21(2)14-27(45-30)11-12-39(5)18-29(42)23(4)36-35(40)38(49-39)37-31(48-36)10-8-26(47-37)15-24(41)16-28-33(44-19-34(28)43-6)17-32(46-25)22(20)3/h20,23,25-38,42H,2-3,7-19H2,1,4-6H3/t20-,23?,25?,26?,27?,28?,29-,30+,31?,32-,33?,34+,35?,36+,37+,38?,39+/m1/s1. The molecule has 7 rings (SSSR count). The number of Topliss-reactive ketones (excluding diaryl/α,β-unsaturated/α-hetero) is 1. The van der Waals surface area contributed by atoms with Gasteiger partial charge in [0, 0.05) is 44.6 Å². The maximum absolute atomic E-state index is 13.8. The molecule has 7 heterocycles. The van der Waals surface area contributed by atoms with Crippen molar-refractivity contribution < 1.29 is 43.1 Å². The van der Waals surface area contributed by atoms with Crippen LogP contribution in [0.4, 0.5) is 0 Å². The van der Waals surface area contributed by atoms with Crippen molar-refractivity contribution in [3.63, 3.8) is 0 Å². The Balaban J connectivity index is 1.15. The van der Waals surface area contributed by atoms with Gasteiger partial charge in [0.25, 0.3) is 0 Å². The van der Waals surface area contributed by atoms with Gasteiger partial charge in [0.05, 0.1) is 77.2 Å². The summed E-state index contributed by atoms with van der Waals surface area (Å²) < 4.78 is 46.2. The van der Waals surface area contributed by atoms with Gasteiger partial charge in [0.2, 0.25) is 0 Å². The summed E-state index contributed by atoms with van der Waals surface area (Å²) >= 11 is 2.46. The number of hydrogen-bond acceptors (Lipinski definition) is 9. The topological polar surface area (TPSA) is 102 Å². The number of ether oxygens (including phenoxy) is 7. The average Bonchev–Trinajstić information content (AvgIpc) is 3.62. The van der Waals surface area contributed by atoms with Crippen LogP contribution < -0.4 is 0 Å². The Morgan fingerprint density at radius 2 is 1.61 bits per heavy atom. The van der Waals surface area contributed by atoms with E-state index in [9.17, 15) is 9.90 Å². The lowest BCUT2D eigenvalue weighted by Crippen LogP contribution is -2.65. The van der Waals surface area contributed by atoms with Gasteiger partial charge >= 0.3 is 0 Å². The minimum absolute atomic E-state index is 0.00741. The first-order valence-electron chi connectivity index (χ1n) is 19.1. The first-order valence-corrected chi connectivity index (χ1v) is 20.3. The van der Waals surface area contributed by atoms with E-state index in [1.165, 1.54) is 0 Å². The molecular formula is C39H59IO9. The number of methoxy groups -OCH3 is 1. The van der Waals surface area contributed by atoms with Crippen LogP contribution in [0.1, 0.15) is 97.8 Å². The molecule has 7 aliphatic rings. The zero-order valence-electron chi connectivity index (χ0n) is 29.9. The minimum Gasteiger partial charge on any atom is -0.393 e. The molecule has 0 spiro atoms. The van der Waals surface area contributed by atoms with E-state index in [4.69, 9.17) is 33.2 Å². The van der Waals surface area contributed by atoms with Crippen LogP contribution in [0.25, 0.3) is 0 Å². The third-order valence-electron chi connectivity index (χ3n) is 13.1. The quantitative estimate of drug-likeness (QED) is 0.193. The second-order valence-corrected chi connectivity index (χ2v) is 18.2. The summed E-state index contributed by atoms with van der Waals surface area (Å²) in [5, 5.41) is 11.5. The van der Waals surface area contributed by atoms with Crippen molar-refractivity contribution in [3.8, 4) is 0 Å². The van der Waals surface area contributed by atoms with Gasteiger partial charge in [-0.2, -0.15) is 0 Å². The molecule has 0 aromatic heterocycles. The van der Waals surface area contributed by atoms with Crippen LogP contribution in [0.3, 0.4) is 0 Å². The van der Waals surface area contributed by atoms with Gasteiger partial charge in [-0.15, -0.1) is 0 Å². The molecule has 0 saturated carbocycles. The summed E-state index contributed by atoms with van der Waals surface area (Å²) in [6.07, 6.45) is 7.01. The Morgan fingerprint density at radius 1 is 0.857 bits per heavy atom. The number of carbonyl (C=O) groups is 1. The van der Waals surface area contributed by atoms with E-state index in [0.717, 1.165) is 62.5 Å². The van der Waals surface area contributed by atoms with Crippen LogP contribution in [0.2, 0.25) is 0 Å². The number of alkyl halides is 1. The number of rotatable bonds is 1. The van der Waals surface area contributed by atoms with E-state index in [-0.39, 0.29) is 88.7 Å². The monoisotopic (exact) mass is 798 g/mol. The molecule has 7 aliphatic heterocycles. The van der Waals surface area contributed by atoms with Gasteiger partial charge in [-0.3, -0.25) is 4.79 Å². The normalized spacial score (nSPS) is 51.4. The molecule has 7 saturated heterocycles. The number of aliphatic hydroxyl groups is 1. The Kier molecular flexibility index (Phi) is 11.4. The van der Waals surface area contributed by atoms with Crippen molar-refractivity contribution in [3.05, 3.63) is 24.3 Å². The van der Waals surface area contributed by atoms with Gasteiger partial charge in [0.15, 0.2) is 0 Å². The maximum Gasteiger partial charge on any atom is 0.135 e. The summed E-state index contributed by atoms with van der Waals surface area (Å²) in [5.74, 6) is 0.440. The molecule has 1 N–H and O–H groups in total. The highest BCUT2D eigenvalue weighted by atomic mass is 127. The highest BCUT2D eigenvalue weighted by molar-refractivity contribution is 14.1. The van der Waals surface area contributed by atoms with Crippen molar-refractivity contribution in [2.45, 2.75) is 181 Å². The van der Waals surface area contributed by atoms with E-state index in [1.807, 2.05) is 0 Å². The van der Waals surface area contributed by atoms with E-state index in [2.05, 4.69) is 56.5 Å². The van der Waals surface area contributed by atoms with Crippen LogP contribution in [-0.2, 0) is 38.0 Å². The fraction of sp³-hybridized carbons (Fsp3) is 0.872. The van der Waals surface area contributed by atoms with E-state index in [1.54, 1.807) is 7.11 Å². The maximum atomic E-state index is 13.8. The predicted octanol–water partition coefficient (Wildman–Crippen LogP) is 6.06. The van der Waals surface area contributed by atoms with Crippen LogP contribution >= 0.6 is 22.6 Å². The zero-order chi connectivity index (χ0) is 34.6. The third kappa shape index (κ3) is 7.79. The molecule has 0 aliphatic carbocycles. The Labute approximate surface area is 306 Å². The van der Waals surface area contributed by atoms with Crippen LogP contribution in [0, 0.1) is 17.8 Å². The summed E-state index contributed by atoms with van der Waals surface area (Å²) in [6.45, 7) is 15.9. The molecule has 9 unspecified atom stereocenters. The van der Waals surface area contributed by atoms with Gasteiger partial charge in [-0.1, -0.05) is 49.6 Å². The molecule has 276 valence electrons. The van der Waals surface area contributed by atoms with Gasteiger partial charge in [0.1, 0.15) is 18.0 Å². The first-order chi connectivity index (χ1) is 23.4. The second-order valence-electron chi connectivity index (χ2n) is 16.7. The Morgan fingerprint density at radius 3 is 2.41 bits per heavy atom. The molecular weight excluding hydrogens is 739 g/mol. The molecule has 0 amide bonds. The smallest absolute Gasteiger partial charge is 0.135 e. The Bertz CT molecular complexity index is 1230. The van der Waals surface area contributed by atoms with Crippen LogP contribution in [0.5, 0.6) is 0 Å². The lowest BCUT2D eigenvalue weighted by molar-refractivity contribution is -0.276. The summed E-state index contributed by atoms with van der Waals surface area (Å²) in [5.41, 5.74) is 1.72. The average molecular weight is 799 g/mol. The number of aliphatic hydroxyl groups excluding tert-OH is 1. The van der Waals surface area contributed by atoms with Gasteiger partial charge in [-0.25, -0.2) is 0 Å². The van der Waals surface area contributed by atoms with Crippen LogP contribution in [0.15, 0.2) is 24.3 Å². The molecule has 49 heavy (non-hydrogen) atoms. The van der Waals surface area contributed by atoms with E-state index in [0.29, 0.717) is 38.2 Å². The second kappa shape index (κ2) is 15.1. The molecule has 9 nitrogen and oxygen atoms in total. The number of halogens is 1. The van der Waals surface area contributed by atoms with Crippen molar-refractivity contribution >= 4 is 28.4 Å². The third-order valence-corrected chi connectivity index (χ3v) is 14.5. The summed E-state index contributed by atoms with van der Waals surface area (Å²) in [7, 11) is 1.71. The molecule has 0 aromatic rings. The SMILES string of the molecule is C=C1CC2CC[C@@]3(C)C[C@@H](O)C(C)[C@@H]4OC5CCC(CC(=O)CC6C(C[C@H]7OC(CC[C@@H]1O2)C[C@@H](C)C7=C)OC[C@@H]6OC)O[C@@H]5C(O3)C4I. The molecule has 0 aromatic carbocycles. The van der Waals surface area contributed by atoms with Crippen molar-refractivity contribution in [2.24, 2.45) is 17.8 Å². The molecule has 7 fully saturated rings. The number of hydrogen-bond donors (Lipinski definition) is 1. The number of carbonyl (C=O) groups excluding carboxylic acids is 1. The van der Waals surface area contributed by atoms with Crippen molar-refractivity contribution in [1.82, 2.24) is 0 Å². The van der Waals surface area contributed by atoms with Crippen molar-refractivity contribution in [1.29, 1.82) is 0 Å².